The van der Waals surface area contributed by atoms with E-state index in [1.165, 1.54) is 5.56 Å². The van der Waals surface area contributed by atoms with Gasteiger partial charge in [0.1, 0.15) is 0 Å². The molecule has 1 aromatic carbocycles. The third kappa shape index (κ3) is 4.55. The van der Waals surface area contributed by atoms with Crippen molar-refractivity contribution in [2.45, 2.75) is 32.6 Å². The van der Waals surface area contributed by atoms with E-state index < -0.39 is 0 Å². The van der Waals surface area contributed by atoms with Crippen molar-refractivity contribution in [3.8, 4) is 0 Å². The van der Waals surface area contributed by atoms with Crippen molar-refractivity contribution in [1.82, 2.24) is 10.6 Å². The van der Waals surface area contributed by atoms with E-state index in [1.807, 2.05) is 6.07 Å². The van der Waals surface area contributed by atoms with E-state index in [0.29, 0.717) is 25.0 Å². The maximum Gasteiger partial charge on any atom is 0.228 e. The van der Waals surface area contributed by atoms with Gasteiger partial charge in [-0.2, -0.15) is 0 Å². The van der Waals surface area contributed by atoms with Crippen LogP contribution in [0.1, 0.15) is 38.2 Å². The van der Waals surface area contributed by atoms with Crippen molar-refractivity contribution in [2.24, 2.45) is 11.3 Å². The summed E-state index contributed by atoms with van der Waals surface area (Å²) in [5.41, 5.74) is 0.909. The number of carbonyl (C=O) groups is 1. The van der Waals surface area contributed by atoms with Crippen LogP contribution in [0, 0.1) is 11.3 Å². The van der Waals surface area contributed by atoms with Crippen molar-refractivity contribution in [3.63, 3.8) is 0 Å². The Morgan fingerprint density at radius 2 is 1.91 bits per heavy atom. The molecule has 23 heavy (non-hydrogen) atoms. The molecule has 128 valence electrons. The molecule has 2 N–H and O–H groups in total. The Kier molecular flexibility index (Phi) is 6.60. The molecule has 1 heterocycles. The standard InChI is InChI=1S/C19H30N2O2/c1-15(2)17(16-7-5-4-6-8-16)13-21-18(22)19(14-23-3)9-11-20-12-10-19/h4-8,15,17,20H,9-14H2,1-3H3,(H,21,22). The van der Waals surface area contributed by atoms with Crippen molar-refractivity contribution in [2.75, 3.05) is 33.4 Å². The fourth-order valence-corrected chi connectivity index (χ4v) is 3.45. The molecule has 0 aromatic heterocycles. The zero-order valence-electron chi connectivity index (χ0n) is 14.6. The Bertz CT molecular complexity index is 476. The highest BCUT2D eigenvalue weighted by atomic mass is 16.5. The van der Waals surface area contributed by atoms with Crippen molar-refractivity contribution < 1.29 is 9.53 Å². The van der Waals surface area contributed by atoms with Gasteiger partial charge < -0.3 is 15.4 Å². The average Bonchev–Trinajstić information content (AvgIpc) is 2.56. The summed E-state index contributed by atoms with van der Waals surface area (Å²) in [6.07, 6.45) is 1.68. The third-order valence-electron chi connectivity index (χ3n) is 4.98. The van der Waals surface area contributed by atoms with Gasteiger partial charge in [-0.05, 0) is 37.4 Å². The van der Waals surface area contributed by atoms with Crippen LogP contribution in [0.2, 0.25) is 0 Å². The molecular weight excluding hydrogens is 288 g/mol. The summed E-state index contributed by atoms with van der Waals surface area (Å²) in [7, 11) is 1.68. The van der Waals surface area contributed by atoms with E-state index in [4.69, 9.17) is 4.74 Å². The van der Waals surface area contributed by atoms with E-state index >= 15 is 0 Å². The van der Waals surface area contributed by atoms with Gasteiger partial charge >= 0.3 is 0 Å². The average molecular weight is 318 g/mol. The van der Waals surface area contributed by atoms with Crippen LogP contribution >= 0.6 is 0 Å². The molecule has 0 bridgehead atoms. The first kappa shape index (κ1) is 18.0. The second-order valence-electron chi connectivity index (χ2n) is 6.93. The van der Waals surface area contributed by atoms with Crippen LogP contribution in [-0.2, 0) is 9.53 Å². The number of ether oxygens (including phenoxy) is 1. The molecule has 0 radical (unpaired) electrons. The maximum atomic E-state index is 12.8. The van der Waals surface area contributed by atoms with Crippen LogP contribution in [0.4, 0.5) is 0 Å². The van der Waals surface area contributed by atoms with Crippen molar-refractivity contribution in [3.05, 3.63) is 35.9 Å². The number of nitrogens with one attached hydrogen (secondary N) is 2. The minimum Gasteiger partial charge on any atom is -0.384 e. The first-order chi connectivity index (χ1) is 11.1. The SMILES string of the molecule is COCC1(C(=O)NCC(c2ccccc2)C(C)C)CCNCC1. The quantitative estimate of drug-likeness (QED) is 0.812. The van der Waals surface area contributed by atoms with Gasteiger partial charge in [-0.3, -0.25) is 4.79 Å². The molecule has 4 nitrogen and oxygen atoms in total. The number of piperidine rings is 1. The van der Waals surface area contributed by atoms with Crippen LogP contribution in [0.15, 0.2) is 30.3 Å². The van der Waals surface area contributed by atoms with Crippen LogP contribution in [-0.4, -0.2) is 39.3 Å². The van der Waals surface area contributed by atoms with E-state index in [1.54, 1.807) is 7.11 Å². The Balaban J connectivity index is 2.03. The van der Waals surface area contributed by atoms with Crippen LogP contribution in [0.3, 0.4) is 0 Å². The zero-order chi connectivity index (χ0) is 16.7. The molecule has 1 unspecified atom stereocenters. The molecule has 1 aromatic rings. The highest BCUT2D eigenvalue weighted by Gasteiger charge is 2.39. The van der Waals surface area contributed by atoms with Crippen LogP contribution < -0.4 is 10.6 Å². The number of hydrogen-bond acceptors (Lipinski definition) is 3. The Hall–Kier alpha value is -1.39. The van der Waals surface area contributed by atoms with Gasteiger partial charge in [0.2, 0.25) is 5.91 Å². The molecule has 1 aliphatic rings. The van der Waals surface area contributed by atoms with Crippen LogP contribution in [0.25, 0.3) is 0 Å². The van der Waals surface area contributed by atoms with Gasteiger partial charge in [-0.1, -0.05) is 44.2 Å². The Labute approximate surface area is 140 Å². The predicted molar refractivity (Wildman–Crippen MR) is 93.4 cm³/mol. The first-order valence-corrected chi connectivity index (χ1v) is 8.62. The number of benzene rings is 1. The molecular formula is C19H30N2O2. The molecule has 2 rings (SSSR count). The minimum atomic E-state index is -0.377. The van der Waals surface area contributed by atoms with E-state index in [2.05, 4.69) is 48.7 Å². The molecule has 4 heteroatoms. The highest BCUT2D eigenvalue weighted by molar-refractivity contribution is 5.83. The molecule has 1 aliphatic heterocycles. The van der Waals surface area contributed by atoms with Crippen molar-refractivity contribution >= 4 is 5.91 Å². The fraction of sp³-hybridized carbons (Fsp3) is 0.632. The van der Waals surface area contributed by atoms with E-state index in [9.17, 15) is 4.79 Å². The number of methoxy groups -OCH3 is 1. The summed E-state index contributed by atoms with van der Waals surface area (Å²) in [5.74, 6) is 0.952. The molecule has 1 atom stereocenters. The minimum absolute atomic E-state index is 0.141. The Morgan fingerprint density at radius 3 is 2.48 bits per heavy atom. The fourth-order valence-electron chi connectivity index (χ4n) is 3.45. The molecule has 0 spiro atoms. The monoisotopic (exact) mass is 318 g/mol. The van der Waals surface area contributed by atoms with Gasteiger partial charge in [0.05, 0.1) is 12.0 Å². The number of amides is 1. The highest BCUT2D eigenvalue weighted by Crippen LogP contribution is 2.30. The van der Waals surface area contributed by atoms with E-state index in [0.717, 1.165) is 25.9 Å². The lowest BCUT2D eigenvalue weighted by atomic mass is 9.78. The normalized spacial score (nSPS) is 18.6. The second kappa shape index (κ2) is 8.46. The summed E-state index contributed by atoms with van der Waals surface area (Å²) in [6.45, 7) is 7.35. The Morgan fingerprint density at radius 1 is 1.26 bits per heavy atom. The molecule has 1 fully saturated rings. The largest absolute Gasteiger partial charge is 0.384 e. The smallest absolute Gasteiger partial charge is 0.228 e. The van der Waals surface area contributed by atoms with Gasteiger partial charge in [-0.25, -0.2) is 0 Å². The summed E-state index contributed by atoms with van der Waals surface area (Å²) >= 11 is 0. The third-order valence-corrected chi connectivity index (χ3v) is 4.98. The number of carbonyl (C=O) groups excluding carboxylic acids is 1. The topological polar surface area (TPSA) is 50.4 Å². The maximum absolute atomic E-state index is 12.8. The summed E-state index contributed by atoms with van der Waals surface area (Å²) < 4.78 is 5.36. The summed E-state index contributed by atoms with van der Waals surface area (Å²) in [5, 5.41) is 6.54. The number of hydrogen-bond donors (Lipinski definition) is 2. The van der Waals surface area contributed by atoms with Crippen molar-refractivity contribution in [1.29, 1.82) is 0 Å². The summed E-state index contributed by atoms with van der Waals surface area (Å²) in [4.78, 5) is 12.8. The van der Waals surface area contributed by atoms with Gasteiger partial charge in [0.25, 0.3) is 0 Å². The molecule has 0 aliphatic carbocycles. The zero-order valence-corrected chi connectivity index (χ0v) is 14.6. The van der Waals surface area contributed by atoms with Crippen LogP contribution in [0.5, 0.6) is 0 Å². The molecule has 1 saturated heterocycles. The van der Waals surface area contributed by atoms with E-state index in [-0.39, 0.29) is 11.3 Å². The molecule has 1 amide bonds. The van der Waals surface area contributed by atoms with Gasteiger partial charge in [0.15, 0.2) is 0 Å². The first-order valence-electron chi connectivity index (χ1n) is 8.62. The number of rotatable bonds is 7. The van der Waals surface area contributed by atoms with Gasteiger partial charge in [0, 0.05) is 19.6 Å². The van der Waals surface area contributed by atoms with Gasteiger partial charge in [-0.15, -0.1) is 0 Å². The second-order valence-corrected chi connectivity index (χ2v) is 6.93. The lowest BCUT2D eigenvalue weighted by Crippen LogP contribution is -2.51. The predicted octanol–water partition coefficient (Wildman–Crippen LogP) is 2.56. The molecule has 0 saturated carbocycles. The lowest BCUT2D eigenvalue weighted by Gasteiger charge is -2.36. The summed E-state index contributed by atoms with van der Waals surface area (Å²) in [6, 6.07) is 10.4. The lowest BCUT2D eigenvalue weighted by molar-refractivity contribution is -0.136.